The summed E-state index contributed by atoms with van der Waals surface area (Å²) in [5.74, 6) is 1.63. The minimum Gasteiger partial charge on any atom is -0.788 e. The first-order valence-electron chi connectivity index (χ1n) is 9.89. The Bertz CT molecular complexity index is 372. The molecule has 0 saturated heterocycles. The standard InChI is InChI=1S/C18H32N3O3/c22-19-15-5-1-13(2-6-15)14-3-7-17(8-4-14)21-24-18-11-9-16(20-23)10-12-18/h13-18,20-21H,1-12H2/q-1. The van der Waals surface area contributed by atoms with E-state index in [-0.39, 0.29) is 18.2 Å². The second-order valence-electron chi connectivity index (χ2n) is 8.11. The van der Waals surface area contributed by atoms with E-state index in [1.165, 1.54) is 38.5 Å². The normalized spacial score (nSPS) is 41.0. The zero-order chi connectivity index (χ0) is 16.8. The second kappa shape index (κ2) is 9.22. The summed E-state index contributed by atoms with van der Waals surface area (Å²) >= 11 is 0. The van der Waals surface area contributed by atoms with Crippen LogP contribution in [0.4, 0.5) is 0 Å². The van der Waals surface area contributed by atoms with Gasteiger partial charge in [-0.05, 0) is 94.9 Å². The summed E-state index contributed by atoms with van der Waals surface area (Å²) in [6, 6.07) is 0.689. The van der Waals surface area contributed by atoms with E-state index in [4.69, 9.17) is 4.84 Å². The second-order valence-corrected chi connectivity index (χ2v) is 8.11. The molecule has 0 radical (unpaired) electrons. The van der Waals surface area contributed by atoms with Crippen LogP contribution in [0.25, 0.3) is 0 Å². The van der Waals surface area contributed by atoms with Gasteiger partial charge in [-0.15, -0.1) is 0 Å². The first-order valence-corrected chi connectivity index (χ1v) is 9.89. The van der Waals surface area contributed by atoms with Crippen molar-refractivity contribution in [3.63, 3.8) is 0 Å². The van der Waals surface area contributed by atoms with Gasteiger partial charge >= 0.3 is 0 Å². The molecule has 0 aliphatic heterocycles. The van der Waals surface area contributed by atoms with Gasteiger partial charge < -0.3 is 10.7 Å². The highest BCUT2D eigenvalue weighted by molar-refractivity contribution is 4.85. The molecule has 0 atom stereocenters. The molecule has 0 spiro atoms. The largest absolute Gasteiger partial charge is 0.788 e. The van der Waals surface area contributed by atoms with Gasteiger partial charge in [0.15, 0.2) is 0 Å². The Hall–Kier alpha value is -0.560. The third-order valence-corrected chi connectivity index (χ3v) is 6.57. The van der Waals surface area contributed by atoms with Gasteiger partial charge in [0.2, 0.25) is 0 Å². The number of nitrogens with zero attached hydrogens (tertiary/aromatic N) is 1. The van der Waals surface area contributed by atoms with Crippen molar-refractivity contribution >= 4 is 0 Å². The van der Waals surface area contributed by atoms with E-state index in [2.05, 4.69) is 16.1 Å². The molecule has 138 valence electrons. The van der Waals surface area contributed by atoms with Crippen molar-refractivity contribution in [3.8, 4) is 0 Å². The van der Waals surface area contributed by atoms with Crippen LogP contribution in [0.1, 0.15) is 77.0 Å². The molecule has 0 bridgehead atoms. The van der Waals surface area contributed by atoms with Crippen molar-refractivity contribution < 1.29 is 4.84 Å². The van der Waals surface area contributed by atoms with Crippen LogP contribution in [0.3, 0.4) is 0 Å². The lowest BCUT2D eigenvalue weighted by molar-refractivity contribution is -0.0696. The van der Waals surface area contributed by atoms with E-state index in [1.54, 1.807) is 0 Å². The highest BCUT2D eigenvalue weighted by atomic mass is 16.7. The van der Waals surface area contributed by atoms with Crippen LogP contribution < -0.4 is 11.0 Å². The summed E-state index contributed by atoms with van der Waals surface area (Å²) in [6.45, 7) is 0. The number of nitroso groups, excluding NO2 is 1. The van der Waals surface area contributed by atoms with Crippen molar-refractivity contribution in [1.29, 1.82) is 0 Å². The third-order valence-electron chi connectivity index (χ3n) is 6.57. The van der Waals surface area contributed by atoms with E-state index in [9.17, 15) is 10.1 Å². The Kier molecular flexibility index (Phi) is 7.01. The molecule has 2 N–H and O–H groups in total. The molecule has 3 rings (SSSR count). The molecule has 0 aromatic carbocycles. The summed E-state index contributed by atoms with van der Waals surface area (Å²) in [4.78, 5) is 16.5. The van der Waals surface area contributed by atoms with Crippen LogP contribution in [-0.4, -0.2) is 24.2 Å². The molecule has 0 aromatic rings. The molecule has 3 fully saturated rings. The topological polar surface area (TPSA) is 85.8 Å². The lowest BCUT2D eigenvalue weighted by atomic mass is 9.72. The van der Waals surface area contributed by atoms with E-state index in [0.717, 1.165) is 50.4 Å². The molecule has 0 aromatic heterocycles. The van der Waals surface area contributed by atoms with Crippen LogP contribution in [0.2, 0.25) is 0 Å². The zero-order valence-electron chi connectivity index (χ0n) is 14.6. The van der Waals surface area contributed by atoms with Crippen molar-refractivity contribution in [2.75, 3.05) is 0 Å². The highest BCUT2D eigenvalue weighted by Gasteiger charge is 2.31. The fourth-order valence-corrected chi connectivity index (χ4v) is 4.88. The number of nitrogens with one attached hydrogen (secondary N) is 2. The maximum atomic E-state index is 10.7. The quantitative estimate of drug-likeness (QED) is 0.568. The van der Waals surface area contributed by atoms with Gasteiger partial charge in [0.25, 0.3) is 0 Å². The SMILES string of the molecule is O=NC1CCC(C2CCC(NOC3CCC(N[O-])CC3)CC2)CC1. The Labute approximate surface area is 145 Å². The first-order chi connectivity index (χ1) is 11.8. The molecule has 6 nitrogen and oxygen atoms in total. The van der Waals surface area contributed by atoms with Gasteiger partial charge in [0, 0.05) is 6.04 Å². The lowest BCUT2D eigenvalue weighted by Gasteiger charge is -2.37. The third kappa shape index (κ3) is 4.97. The molecule has 0 amide bonds. The summed E-state index contributed by atoms with van der Waals surface area (Å²) in [6.07, 6.45) is 13.3. The summed E-state index contributed by atoms with van der Waals surface area (Å²) in [5, 5.41) is 13.9. The van der Waals surface area contributed by atoms with Gasteiger partial charge in [-0.3, -0.25) is 4.84 Å². The van der Waals surface area contributed by atoms with Gasteiger partial charge in [-0.2, -0.15) is 10.4 Å². The minimum absolute atomic E-state index is 0.0829. The summed E-state index contributed by atoms with van der Waals surface area (Å²) < 4.78 is 0. The van der Waals surface area contributed by atoms with Gasteiger partial charge in [-0.25, -0.2) is 0 Å². The van der Waals surface area contributed by atoms with Crippen LogP contribution >= 0.6 is 0 Å². The fraction of sp³-hybridized carbons (Fsp3) is 1.00. The average Bonchev–Trinajstić information content (AvgIpc) is 2.67. The van der Waals surface area contributed by atoms with E-state index >= 15 is 0 Å². The number of hydroxylamine groups is 2. The molecular formula is C18H32N3O3-. The van der Waals surface area contributed by atoms with Crippen molar-refractivity contribution in [2.45, 2.75) is 101 Å². The molecule has 24 heavy (non-hydrogen) atoms. The van der Waals surface area contributed by atoms with Crippen molar-refractivity contribution in [3.05, 3.63) is 10.1 Å². The van der Waals surface area contributed by atoms with Gasteiger partial charge in [-0.1, -0.05) is 5.18 Å². The van der Waals surface area contributed by atoms with Crippen molar-refractivity contribution in [1.82, 2.24) is 11.0 Å². The summed E-state index contributed by atoms with van der Waals surface area (Å²) in [7, 11) is 0. The smallest absolute Gasteiger partial charge is 0.0920 e. The highest BCUT2D eigenvalue weighted by Crippen LogP contribution is 2.39. The lowest BCUT2D eigenvalue weighted by Crippen LogP contribution is -2.40. The molecule has 3 aliphatic carbocycles. The van der Waals surface area contributed by atoms with Crippen LogP contribution in [-0.2, 0) is 4.84 Å². The first kappa shape index (κ1) is 18.2. The predicted molar refractivity (Wildman–Crippen MR) is 94.1 cm³/mol. The van der Waals surface area contributed by atoms with Crippen molar-refractivity contribution in [2.24, 2.45) is 17.0 Å². The monoisotopic (exact) mass is 338 g/mol. The molecule has 0 heterocycles. The maximum Gasteiger partial charge on any atom is 0.0920 e. The summed E-state index contributed by atoms with van der Waals surface area (Å²) in [5.41, 5.74) is 5.43. The minimum atomic E-state index is 0.0829. The zero-order valence-corrected chi connectivity index (χ0v) is 14.6. The van der Waals surface area contributed by atoms with Crippen LogP contribution in [0.5, 0.6) is 0 Å². The molecular weight excluding hydrogens is 306 g/mol. The molecule has 3 aliphatic rings. The number of hydrogen-bond donors (Lipinski definition) is 2. The van der Waals surface area contributed by atoms with Gasteiger partial charge in [0.05, 0.1) is 12.1 Å². The van der Waals surface area contributed by atoms with Gasteiger partial charge in [0.1, 0.15) is 0 Å². The van der Waals surface area contributed by atoms with Crippen LogP contribution in [0.15, 0.2) is 5.18 Å². The fourth-order valence-electron chi connectivity index (χ4n) is 4.88. The Morgan fingerprint density at radius 2 is 1.29 bits per heavy atom. The number of hydrogen-bond acceptors (Lipinski definition) is 6. The van der Waals surface area contributed by atoms with E-state index in [0.29, 0.717) is 6.04 Å². The Morgan fingerprint density at radius 1 is 0.750 bits per heavy atom. The van der Waals surface area contributed by atoms with Crippen LogP contribution in [0, 0.1) is 22.0 Å². The number of rotatable bonds is 6. The maximum absolute atomic E-state index is 10.7. The van der Waals surface area contributed by atoms with E-state index < -0.39 is 0 Å². The predicted octanol–water partition coefficient (Wildman–Crippen LogP) is 3.79. The molecule has 3 saturated carbocycles. The molecule has 0 unspecified atom stereocenters. The Morgan fingerprint density at radius 3 is 1.83 bits per heavy atom. The van der Waals surface area contributed by atoms with E-state index in [1.807, 2.05) is 0 Å². The molecule has 6 heteroatoms. The Balaban J connectivity index is 1.30. The average molecular weight is 338 g/mol.